The highest BCUT2D eigenvalue weighted by Gasteiger charge is 2.20. The predicted octanol–water partition coefficient (Wildman–Crippen LogP) is 2.78. The van der Waals surface area contributed by atoms with Gasteiger partial charge in [-0.1, -0.05) is 0 Å². The van der Waals surface area contributed by atoms with E-state index in [1.807, 2.05) is 12.1 Å². The van der Waals surface area contributed by atoms with Gasteiger partial charge in [0.25, 0.3) is 0 Å². The van der Waals surface area contributed by atoms with E-state index >= 15 is 0 Å². The second kappa shape index (κ2) is 8.02. The maximum Gasteiger partial charge on any atom is 0.325 e. The molecule has 0 atom stereocenters. The molecule has 31 heavy (non-hydrogen) atoms. The Morgan fingerprint density at radius 1 is 0.935 bits per heavy atom. The van der Waals surface area contributed by atoms with Gasteiger partial charge in [0.1, 0.15) is 23.9 Å². The summed E-state index contributed by atoms with van der Waals surface area (Å²) in [6.45, 7) is 4.68. The Labute approximate surface area is 177 Å². The molecular weight excluding hydrogens is 396 g/mol. The van der Waals surface area contributed by atoms with Crippen molar-refractivity contribution in [2.45, 2.75) is 33.7 Å². The van der Waals surface area contributed by atoms with E-state index in [0.717, 1.165) is 22.3 Å². The van der Waals surface area contributed by atoms with E-state index in [1.165, 1.54) is 11.6 Å². The number of hydrogen-bond donors (Lipinski definition) is 1. The van der Waals surface area contributed by atoms with Crippen molar-refractivity contribution in [2.24, 2.45) is 0 Å². The Kier molecular flexibility index (Phi) is 5.24. The Bertz CT molecular complexity index is 1290. The number of ketones is 1. The zero-order valence-electron chi connectivity index (χ0n) is 17.3. The maximum absolute atomic E-state index is 12.3. The van der Waals surface area contributed by atoms with Crippen molar-refractivity contribution in [1.29, 1.82) is 0 Å². The van der Waals surface area contributed by atoms with E-state index in [4.69, 9.17) is 0 Å². The fraction of sp³-hybridized carbons (Fsp3) is 0.227. The van der Waals surface area contributed by atoms with Crippen LogP contribution in [0, 0.1) is 13.8 Å². The van der Waals surface area contributed by atoms with E-state index in [2.05, 4.69) is 25.0 Å². The average Bonchev–Trinajstić information content (AvgIpc) is 3.08. The Balaban J connectivity index is 1.97. The number of benzene rings is 1. The number of rotatable bonds is 6. The van der Waals surface area contributed by atoms with Crippen LogP contribution in [-0.2, 0) is 17.8 Å². The van der Waals surface area contributed by atoms with Gasteiger partial charge in [0.05, 0.1) is 5.52 Å². The normalized spacial score (nSPS) is 11.1. The standard InChI is InChI=1S/C22H20N6O3/c1-12(29)21-19-6-16(18-9-25-14(3)26-10-18)5-17(4-15-7-23-13(2)24-8-15)22(19)28(27-21)11-20(30)31/h5-10H,4,11H2,1-3H3,(H,30,31). The molecule has 0 aliphatic heterocycles. The molecule has 0 fully saturated rings. The molecular formula is C22H20N6O3. The zero-order chi connectivity index (χ0) is 22.1. The smallest absolute Gasteiger partial charge is 0.325 e. The van der Waals surface area contributed by atoms with Crippen molar-refractivity contribution >= 4 is 22.7 Å². The van der Waals surface area contributed by atoms with Crippen molar-refractivity contribution in [3.63, 3.8) is 0 Å². The Hall–Kier alpha value is -4.01. The van der Waals surface area contributed by atoms with E-state index in [9.17, 15) is 14.7 Å². The number of Topliss-reactive ketones (excluding diaryl/α,β-unsaturated/α-hetero) is 1. The number of carboxylic acid groups (broad SMARTS) is 1. The van der Waals surface area contributed by atoms with Crippen LogP contribution >= 0.6 is 0 Å². The third-order valence-electron chi connectivity index (χ3n) is 4.88. The highest BCUT2D eigenvalue weighted by Crippen LogP contribution is 2.31. The lowest BCUT2D eigenvalue weighted by molar-refractivity contribution is -0.137. The lowest BCUT2D eigenvalue weighted by Gasteiger charge is -2.10. The van der Waals surface area contributed by atoms with Crippen LogP contribution in [0.4, 0.5) is 0 Å². The molecule has 1 N–H and O–H groups in total. The van der Waals surface area contributed by atoms with Crippen molar-refractivity contribution in [1.82, 2.24) is 29.7 Å². The van der Waals surface area contributed by atoms with Gasteiger partial charge in [0.2, 0.25) is 0 Å². The van der Waals surface area contributed by atoms with Crippen LogP contribution < -0.4 is 0 Å². The molecule has 9 nitrogen and oxygen atoms in total. The largest absolute Gasteiger partial charge is 0.480 e. The number of aromatic nitrogens is 6. The minimum absolute atomic E-state index is 0.229. The van der Waals surface area contributed by atoms with Crippen molar-refractivity contribution in [3.8, 4) is 11.1 Å². The second-order valence-electron chi connectivity index (χ2n) is 7.32. The molecule has 0 amide bonds. The number of aryl methyl sites for hydroxylation is 2. The first kappa shape index (κ1) is 20.3. The van der Waals surface area contributed by atoms with Gasteiger partial charge in [-0.2, -0.15) is 5.10 Å². The second-order valence-corrected chi connectivity index (χ2v) is 7.32. The number of hydrogen-bond acceptors (Lipinski definition) is 7. The molecule has 0 saturated carbocycles. The number of carbonyl (C=O) groups excluding carboxylic acids is 1. The van der Waals surface area contributed by atoms with Crippen LogP contribution in [0.1, 0.15) is 40.2 Å². The van der Waals surface area contributed by atoms with Crippen LogP contribution in [-0.4, -0.2) is 46.6 Å². The summed E-state index contributed by atoms with van der Waals surface area (Å²) in [6, 6.07) is 3.78. The van der Waals surface area contributed by atoms with Gasteiger partial charge in [0.15, 0.2) is 5.78 Å². The van der Waals surface area contributed by atoms with Crippen molar-refractivity contribution < 1.29 is 14.7 Å². The fourth-order valence-corrected chi connectivity index (χ4v) is 3.48. The van der Waals surface area contributed by atoms with Crippen LogP contribution in [0.3, 0.4) is 0 Å². The lowest BCUT2D eigenvalue weighted by atomic mass is 9.97. The molecule has 0 saturated heterocycles. The molecule has 0 unspecified atom stereocenters. The summed E-state index contributed by atoms with van der Waals surface area (Å²) in [5.74, 6) is 0.0333. The summed E-state index contributed by atoms with van der Waals surface area (Å²) in [5, 5.41) is 14.3. The fourth-order valence-electron chi connectivity index (χ4n) is 3.48. The third-order valence-corrected chi connectivity index (χ3v) is 4.88. The SMILES string of the molecule is CC(=O)c1nn(CC(=O)O)c2c(Cc3cnc(C)nc3)cc(-c3cnc(C)nc3)cc12. The molecule has 0 aliphatic rings. The van der Waals surface area contributed by atoms with Gasteiger partial charge in [-0.3, -0.25) is 14.3 Å². The average molecular weight is 416 g/mol. The van der Waals surface area contributed by atoms with E-state index in [0.29, 0.717) is 29.0 Å². The lowest BCUT2D eigenvalue weighted by Crippen LogP contribution is -2.11. The molecule has 4 aromatic rings. The summed E-state index contributed by atoms with van der Waals surface area (Å²) in [4.78, 5) is 40.8. The molecule has 9 heteroatoms. The minimum atomic E-state index is -1.04. The molecule has 0 radical (unpaired) electrons. The number of carboxylic acids is 1. The first-order valence-electron chi connectivity index (χ1n) is 9.64. The van der Waals surface area contributed by atoms with Gasteiger partial charge in [-0.05, 0) is 42.7 Å². The van der Waals surface area contributed by atoms with Crippen LogP contribution in [0.25, 0.3) is 22.0 Å². The molecule has 0 aliphatic carbocycles. The molecule has 1 aromatic carbocycles. The molecule has 4 rings (SSSR count). The van der Waals surface area contributed by atoms with Crippen molar-refractivity contribution in [3.05, 3.63) is 65.4 Å². The number of nitrogens with zero attached hydrogens (tertiary/aromatic N) is 6. The van der Waals surface area contributed by atoms with Gasteiger partial charge in [0, 0.05) is 49.1 Å². The summed E-state index contributed by atoms with van der Waals surface area (Å²) in [5.41, 5.74) is 4.10. The highest BCUT2D eigenvalue weighted by atomic mass is 16.4. The molecule has 3 heterocycles. The minimum Gasteiger partial charge on any atom is -0.480 e. The van der Waals surface area contributed by atoms with Crippen molar-refractivity contribution in [2.75, 3.05) is 0 Å². The zero-order valence-corrected chi connectivity index (χ0v) is 17.3. The van der Waals surface area contributed by atoms with E-state index in [1.54, 1.807) is 38.6 Å². The third kappa shape index (κ3) is 4.16. The first-order chi connectivity index (χ1) is 14.8. The predicted molar refractivity (Wildman–Crippen MR) is 113 cm³/mol. The number of fused-ring (bicyclic) bond motifs is 1. The van der Waals surface area contributed by atoms with Gasteiger partial charge < -0.3 is 5.11 Å². The quantitative estimate of drug-likeness (QED) is 0.476. The first-order valence-corrected chi connectivity index (χ1v) is 9.64. The molecule has 0 bridgehead atoms. The Morgan fingerprint density at radius 3 is 2.13 bits per heavy atom. The van der Waals surface area contributed by atoms with Crippen LogP contribution in [0.5, 0.6) is 0 Å². The van der Waals surface area contributed by atoms with Crippen LogP contribution in [0.15, 0.2) is 36.9 Å². The van der Waals surface area contributed by atoms with E-state index < -0.39 is 5.97 Å². The monoisotopic (exact) mass is 416 g/mol. The van der Waals surface area contributed by atoms with Gasteiger partial charge in [-0.25, -0.2) is 19.9 Å². The molecule has 156 valence electrons. The van der Waals surface area contributed by atoms with Crippen LogP contribution in [0.2, 0.25) is 0 Å². The summed E-state index contributed by atoms with van der Waals surface area (Å²) >= 11 is 0. The van der Waals surface area contributed by atoms with E-state index in [-0.39, 0.29) is 18.0 Å². The van der Waals surface area contributed by atoms with Gasteiger partial charge >= 0.3 is 5.97 Å². The highest BCUT2D eigenvalue weighted by molar-refractivity contribution is 6.07. The summed E-state index contributed by atoms with van der Waals surface area (Å²) in [6.07, 6.45) is 7.36. The summed E-state index contributed by atoms with van der Waals surface area (Å²) in [7, 11) is 0. The molecule has 3 aromatic heterocycles. The maximum atomic E-state index is 12.3. The molecule has 0 spiro atoms. The Morgan fingerprint density at radius 2 is 1.55 bits per heavy atom. The summed E-state index contributed by atoms with van der Waals surface area (Å²) < 4.78 is 1.37. The number of aliphatic carboxylic acids is 1. The number of carbonyl (C=O) groups is 2. The van der Waals surface area contributed by atoms with Gasteiger partial charge in [-0.15, -0.1) is 0 Å². The topological polar surface area (TPSA) is 124 Å².